The Morgan fingerprint density at radius 1 is 0.535 bits per heavy atom. The highest BCUT2D eigenvalue weighted by Crippen LogP contribution is 2.52. The molecule has 8 rings (SSSR count). The van der Waals surface area contributed by atoms with Crippen molar-refractivity contribution in [1.29, 1.82) is 0 Å². The molecule has 6 aromatic rings. The van der Waals surface area contributed by atoms with Crippen molar-refractivity contribution in [3.05, 3.63) is 130 Å². The molecule has 23 heteroatoms. The van der Waals surface area contributed by atoms with E-state index in [1.807, 2.05) is 0 Å². The van der Waals surface area contributed by atoms with Crippen molar-refractivity contribution in [1.82, 2.24) is 19.8 Å². The van der Waals surface area contributed by atoms with Crippen molar-refractivity contribution < 1.29 is 79.2 Å². The Labute approximate surface area is 405 Å². The smallest absolute Gasteiger partial charge is 0.367 e. The Bertz CT molecular complexity index is 3070. The van der Waals surface area contributed by atoms with Gasteiger partial charge in [-0.25, -0.2) is 8.78 Å². The van der Waals surface area contributed by atoms with Gasteiger partial charge in [-0.3, -0.25) is 48.1 Å². The summed E-state index contributed by atoms with van der Waals surface area (Å²) in [6.07, 6.45) is 1.90. The summed E-state index contributed by atoms with van der Waals surface area (Å²) in [5.41, 5.74) is 0.770. The minimum absolute atomic E-state index is 0.00227. The molecule has 0 saturated carbocycles. The number of phenolic OH excluding ortho intramolecular Hbond substituents is 1. The number of aromatic hydroxyl groups is 1. The first kappa shape index (κ1) is 52.1. The van der Waals surface area contributed by atoms with Crippen LogP contribution in [0.2, 0.25) is 0 Å². The molecule has 2 aromatic heterocycles. The molecule has 4 heterocycles. The fourth-order valence-electron chi connectivity index (χ4n) is 7.74. The molecule has 0 atom stereocenters. The van der Waals surface area contributed by atoms with Crippen molar-refractivity contribution in [2.45, 2.75) is 40.8 Å². The first-order chi connectivity index (χ1) is 34.1. The van der Waals surface area contributed by atoms with E-state index < -0.39 is 68.9 Å². The number of carbonyl (C=O) groups excluding carboxylic acids is 4. The van der Waals surface area contributed by atoms with E-state index >= 15 is 0 Å². The van der Waals surface area contributed by atoms with Gasteiger partial charge < -0.3 is 42.1 Å². The summed E-state index contributed by atoms with van der Waals surface area (Å²) in [5.74, 6) is -4.14. The summed E-state index contributed by atoms with van der Waals surface area (Å²) >= 11 is 0. The van der Waals surface area contributed by atoms with E-state index in [1.165, 1.54) is 68.0 Å². The number of methoxy groups -OCH3 is 1. The van der Waals surface area contributed by atoms with Crippen LogP contribution in [0.15, 0.2) is 85.2 Å². The quantitative estimate of drug-likeness (QED) is 0.0402. The molecule has 2 aliphatic heterocycles. The summed E-state index contributed by atoms with van der Waals surface area (Å²) < 4.78 is 96.4. The second-order valence-corrected chi connectivity index (χ2v) is 19.3. The lowest BCUT2D eigenvalue weighted by Crippen LogP contribution is -2.29. The summed E-state index contributed by atoms with van der Waals surface area (Å²) in [5, 5.41) is 11.4. The second kappa shape index (κ2) is 22.6. The number of aromatic nitrogens is 2. The molecule has 0 aliphatic carbocycles. The fraction of sp³-hybridized carbons (Fsp3) is 0.292. The molecule has 0 unspecified atom stereocenters. The summed E-state index contributed by atoms with van der Waals surface area (Å²) in [6, 6.07) is 17.2. The number of amides is 4. The Hall–Kier alpha value is -6.70. The highest BCUT2D eigenvalue weighted by molar-refractivity contribution is 7.53. The van der Waals surface area contributed by atoms with E-state index in [1.54, 1.807) is 52.0 Å². The molecule has 4 amide bonds. The highest BCUT2D eigenvalue weighted by Gasteiger charge is 2.45. The van der Waals surface area contributed by atoms with E-state index in [9.17, 15) is 42.2 Å². The summed E-state index contributed by atoms with van der Waals surface area (Å²) in [4.78, 5) is 64.2. The maximum Gasteiger partial charge on any atom is 0.367 e. The molecule has 0 spiro atoms. The number of halogens is 2. The van der Waals surface area contributed by atoms with Gasteiger partial charge in [0.15, 0.2) is 31.0 Å². The number of pyridine rings is 2. The first-order valence-electron chi connectivity index (χ1n) is 22.1. The number of carbonyl (C=O) groups is 4. The van der Waals surface area contributed by atoms with Gasteiger partial charge >= 0.3 is 15.2 Å². The maximum absolute atomic E-state index is 13.7. The number of nitrogens with zero attached hydrogens (tertiary/aromatic N) is 4. The van der Waals surface area contributed by atoms with Crippen LogP contribution in [0.25, 0.3) is 21.8 Å². The lowest BCUT2D eigenvalue weighted by atomic mass is 10.0. The van der Waals surface area contributed by atoms with Gasteiger partial charge in [0.2, 0.25) is 0 Å². The van der Waals surface area contributed by atoms with E-state index in [4.69, 9.17) is 37.0 Å². The van der Waals surface area contributed by atoms with E-state index in [0.29, 0.717) is 16.5 Å². The average molecular weight is 1020 g/mol. The van der Waals surface area contributed by atoms with Crippen molar-refractivity contribution in [2.75, 3.05) is 53.0 Å². The zero-order chi connectivity index (χ0) is 51.0. The Kier molecular flexibility index (Phi) is 16.6. The Morgan fingerprint density at radius 3 is 1.34 bits per heavy atom. The van der Waals surface area contributed by atoms with Crippen molar-refractivity contribution in [3.63, 3.8) is 0 Å². The zero-order valence-electron chi connectivity index (χ0n) is 39.0. The minimum atomic E-state index is -3.67. The number of fused-ring (bicyclic) bond motifs is 4. The SMILES string of the molecule is CCOP(=O)(COc1c2c(c(O)c3ncccc13)C(=O)N(Cc1ccc(F)cc1)C2=O)OCC.CCOP(=O)(COc1c2c(c(OCOC)c3ncccc13)C(=O)N(Cc1ccc(F)cc1)C2=O)OCC. The molecule has 0 saturated heterocycles. The molecule has 4 aromatic carbocycles. The van der Waals surface area contributed by atoms with Gasteiger partial charge in [0.25, 0.3) is 23.6 Å². The van der Waals surface area contributed by atoms with Crippen LogP contribution < -0.4 is 14.2 Å². The maximum atomic E-state index is 13.7. The summed E-state index contributed by atoms with van der Waals surface area (Å²) in [6.45, 7) is 6.63. The highest BCUT2D eigenvalue weighted by atomic mass is 31.2. The lowest BCUT2D eigenvalue weighted by Gasteiger charge is -2.20. The van der Waals surface area contributed by atoms with Crippen LogP contribution in [0.5, 0.6) is 23.0 Å². The van der Waals surface area contributed by atoms with E-state index in [2.05, 4.69) is 9.97 Å². The van der Waals surface area contributed by atoms with Gasteiger partial charge in [0.05, 0.1) is 50.6 Å². The van der Waals surface area contributed by atoms with Crippen LogP contribution >= 0.6 is 15.2 Å². The van der Waals surface area contributed by atoms with Crippen LogP contribution in [0, 0.1) is 11.6 Å². The van der Waals surface area contributed by atoms with E-state index in [-0.39, 0.29) is 102 Å². The van der Waals surface area contributed by atoms with Gasteiger partial charge in [0.1, 0.15) is 45.3 Å². The average Bonchev–Trinajstić information content (AvgIpc) is 3.74. The van der Waals surface area contributed by atoms with Crippen LogP contribution in [-0.4, -0.2) is 102 Å². The summed E-state index contributed by atoms with van der Waals surface area (Å²) in [7, 11) is -5.91. The molecule has 0 bridgehead atoms. The monoisotopic (exact) mass is 1020 g/mol. The van der Waals surface area contributed by atoms with E-state index in [0.717, 1.165) is 9.80 Å². The topological polar surface area (TPSA) is 229 Å². The number of benzene rings is 4. The molecule has 71 heavy (non-hydrogen) atoms. The fourth-order valence-corrected chi connectivity index (χ4v) is 10.3. The number of hydrogen-bond acceptors (Lipinski definition) is 17. The third kappa shape index (κ3) is 11.0. The van der Waals surface area contributed by atoms with Gasteiger partial charge in [-0.2, -0.15) is 0 Å². The molecular weight excluding hydrogens is 972 g/mol. The van der Waals surface area contributed by atoms with Gasteiger partial charge in [0, 0.05) is 30.3 Å². The zero-order valence-corrected chi connectivity index (χ0v) is 40.8. The van der Waals surface area contributed by atoms with Gasteiger partial charge in [-0.15, -0.1) is 0 Å². The van der Waals surface area contributed by atoms with Crippen LogP contribution in [-0.2, 0) is 45.1 Å². The van der Waals surface area contributed by atoms with Crippen LogP contribution in [0.3, 0.4) is 0 Å². The Morgan fingerprint density at radius 2 is 0.915 bits per heavy atom. The molecule has 2 aliphatic rings. The number of ether oxygens (including phenoxy) is 4. The Balaban J connectivity index is 0.000000209. The standard InChI is InChI=1S/C25H26FN2O8P.C23H22FN2O7P/c1-4-35-37(31,36-5-2)15-34-22-18-7-6-12-27-21(18)23(33-14-32-3)20-19(22)24(29)28(25(20)30)13-16-8-10-17(26)11-9-16;1-3-32-34(30,33-4-2)13-31-21-16-6-5-11-25-19(16)20(27)17-18(21)23(29)26(22(17)28)12-14-7-9-15(24)10-8-14/h6-12H,4-5,13-15H2,1-3H3;5-11,27H,3-4,12-13H2,1-2H3. The van der Waals surface area contributed by atoms with Crippen molar-refractivity contribution >= 4 is 60.6 Å². The first-order valence-corrected chi connectivity index (χ1v) is 25.5. The molecule has 0 fully saturated rings. The molecule has 19 nitrogen and oxygen atoms in total. The largest absolute Gasteiger partial charge is 0.505 e. The minimum Gasteiger partial charge on any atom is -0.505 e. The number of phenols is 1. The number of hydrogen-bond donors (Lipinski definition) is 1. The van der Waals surface area contributed by atoms with Crippen molar-refractivity contribution in [2.24, 2.45) is 0 Å². The number of imide groups is 2. The predicted octanol–water partition coefficient (Wildman–Crippen LogP) is 9.23. The molecule has 1 N–H and O–H groups in total. The van der Waals surface area contributed by atoms with Crippen molar-refractivity contribution in [3.8, 4) is 23.0 Å². The van der Waals surface area contributed by atoms with Gasteiger partial charge in [-0.05, 0) is 87.4 Å². The normalized spacial score (nSPS) is 13.5. The third-order valence-corrected chi connectivity index (χ3v) is 14.2. The molecule has 0 radical (unpaired) electrons. The van der Waals surface area contributed by atoms with Gasteiger partial charge in [-0.1, -0.05) is 24.3 Å². The van der Waals surface area contributed by atoms with Crippen LogP contribution in [0.1, 0.15) is 80.3 Å². The molecule has 374 valence electrons. The molecular formula is C48H48F2N4O15P2. The van der Waals surface area contributed by atoms with Crippen LogP contribution in [0.4, 0.5) is 8.78 Å². The predicted molar refractivity (Wildman–Crippen MR) is 252 cm³/mol. The third-order valence-electron chi connectivity index (χ3n) is 10.7. The lowest BCUT2D eigenvalue weighted by molar-refractivity contribution is 0.0504. The second-order valence-electron chi connectivity index (χ2n) is 15.3. The number of rotatable bonds is 21.